The van der Waals surface area contributed by atoms with Gasteiger partial charge in [0, 0.05) is 6.04 Å². The Morgan fingerprint density at radius 2 is 1.94 bits per heavy atom. The van der Waals surface area contributed by atoms with Crippen molar-refractivity contribution in [3.8, 4) is 0 Å². The molecule has 0 aromatic heterocycles. The van der Waals surface area contributed by atoms with E-state index in [2.05, 4.69) is 25.2 Å². The molecule has 0 amide bonds. The smallest absolute Gasteiger partial charge is 0.0624 e. The third kappa shape index (κ3) is 5.17. The lowest BCUT2D eigenvalue weighted by atomic mass is 10.0. The maximum absolute atomic E-state index is 6.18. The SMILES string of the molecule is CCCC(CCCc1cccc(Cl)c1Cl)NCC. The number of hydrogen-bond donors (Lipinski definition) is 1. The first-order chi connectivity index (χ1) is 8.69. The van der Waals surface area contributed by atoms with E-state index in [9.17, 15) is 0 Å². The van der Waals surface area contributed by atoms with Crippen LogP contribution in [0.4, 0.5) is 0 Å². The van der Waals surface area contributed by atoms with Gasteiger partial charge in [-0.25, -0.2) is 0 Å². The molecule has 0 aliphatic heterocycles. The largest absolute Gasteiger partial charge is 0.314 e. The molecule has 0 fully saturated rings. The van der Waals surface area contributed by atoms with E-state index in [1.54, 1.807) is 0 Å². The maximum atomic E-state index is 6.18. The highest BCUT2D eigenvalue weighted by Crippen LogP contribution is 2.26. The van der Waals surface area contributed by atoms with Crippen molar-refractivity contribution in [3.63, 3.8) is 0 Å². The first-order valence-corrected chi connectivity index (χ1v) is 7.60. The van der Waals surface area contributed by atoms with Crippen molar-refractivity contribution in [2.24, 2.45) is 0 Å². The van der Waals surface area contributed by atoms with Crippen LogP contribution in [0.5, 0.6) is 0 Å². The molecule has 102 valence electrons. The molecule has 1 rings (SSSR count). The fourth-order valence-corrected chi connectivity index (χ4v) is 2.68. The van der Waals surface area contributed by atoms with Crippen LogP contribution in [0.3, 0.4) is 0 Å². The third-order valence-electron chi connectivity index (χ3n) is 3.16. The number of aryl methyl sites for hydroxylation is 1. The predicted octanol–water partition coefficient (Wildman–Crippen LogP) is 5.09. The standard InChI is InChI=1S/C15H23Cl2N/c1-3-7-13(18-4-2)10-5-8-12-9-6-11-14(16)15(12)17/h6,9,11,13,18H,3-5,7-8,10H2,1-2H3. The molecule has 0 radical (unpaired) electrons. The molecule has 0 bridgehead atoms. The van der Waals surface area contributed by atoms with Crippen LogP contribution in [-0.2, 0) is 6.42 Å². The van der Waals surface area contributed by atoms with Gasteiger partial charge in [0.05, 0.1) is 10.0 Å². The van der Waals surface area contributed by atoms with Crippen LogP contribution in [0.15, 0.2) is 18.2 Å². The van der Waals surface area contributed by atoms with E-state index in [0.29, 0.717) is 11.1 Å². The summed E-state index contributed by atoms with van der Waals surface area (Å²) in [5, 5.41) is 4.91. The minimum absolute atomic E-state index is 0.637. The lowest BCUT2D eigenvalue weighted by Crippen LogP contribution is -2.28. The van der Waals surface area contributed by atoms with Gasteiger partial charge in [-0.1, -0.05) is 55.6 Å². The van der Waals surface area contributed by atoms with Crippen LogP contribution in [0.2, 0.25) is 10.0 Å². The lowest BCUT2D eigenvalue weighted by Gasteiger charge is -2.17. The second kappa shape index (κ2) is 8.79. The fourth-order valence-electron chi connectivity index (χ4n) is 2.27. The van der Waals surface area contributed by atoms with E-state index in [1.807, 2.05) is 12.1 Å². The van der Waals surface area contributed by atoms with E-state index in [1.165, 1.54) is 19.3 Å². The van der Waals surface area contributed by atoms with Crippen molar-refractivity contribution in [2.75, 3.05) is 6.54 Å². The van der Waals surface area contributed by atoms with Crippen LogP contribution in [0, 0.1) is 0 Å². The Bertz CT molecular complexity index is 346. The Morgan fingerprint density at radius 1 is 1.17 bits per heavy atom. The van der Waals surface area contributed by atoms with Crippen LogP contribution in [0.25, 0.3) is 0 Å². The van der Waals surface area contributed by atoms with Crippen molar-refractivity contribution in [2.45, 2.75) is 52.0 Å². The number of hydrogen-bond acceptors (Lipinski definition) is 1. The highest BCUT2D eigenvalue weighted by Gasteiger charge is 2.08. The summed E-state index contributed by atoms with van der Waals surface area (Å²) < 4.78 is 0. The van der Waals surface area contributed by atoms with E-state index in [4.69, 9.17) is 23.2 Å². The third-order valence-corrected chi connectivity index (χ3v) is 4.02. The number of benzene rings is 1. The van der Waals surface area contributed by atoms with Crippen LogP contribution in [0.1, 0.15) is 45.1 Å². The normalized spacial score (nSPS) is 12.7. The Labute approximate surface area is 121 Å². The van der Waals surface area contributed by atoms with Gasteiger partial charge in [0.2, 0.25) is 0 Å². The molecule has 0 heterocycles. The Balaban J connectivity index is 2.42. The molecule has 1 N–H and O–H groups in total. The molecule has 18 heavy (non-hydrogen) atoms. The topological polar surface area (TPSA) is 12.0 Å². The molecule has 0 saturated carbocycles. The summed E-state index contributed by atoms with van der Waals surface area (Å²) >= 11 is 12.2. The van der Waals surface area contributed by atoms with E-state index in [0.717, 1.165) is 30.0 Å². The van der Waals surface area contributed by atoms with Gasteiger partial charge in [-0.05, 0) is 43.9 Å². The van der Waals surface area contributed by atoms with Gasteiger partial charge < -0.3 is 5.32 Å². The Kier molecular flexibility index (Phi) is 7.73. The average Bonchev–Trinajstić information content (AvgIpc) is 2.35. The second-order valence-corrected chi connectivity index (χ2v) is 5.43. The predicted molar refractivity (Wildman–Crippen MR) is 81.8 cm³/mol. The summed E-state index contributed by atoms with van der Waals surface area (Å²) in [7, 11) is 0. The second-order valence-electron chi connectivity index (χ2n) is 4.65. The van der Waals surface area contributed by atoms with Crippen LogP contribution in [-0.4, -0.2) is 12.6 Å². The summed E-state index contributed by atoms with van der Waals surface area (Å²) in [6, 6.07) is 6.51. The summed E-state index contributed by atoms with van der Waals surface area (Å²) in [4.78, 5) is 0. The van der Waals surface area contributed by atoms with Crippen molar-refractivity contribution >= 4 is 23.2 Å². The van der Waals surface area contributed by atoms with Gasteiger partial charge in [0.15, 0.2) is 0 Å². The molecular weight excluding hydrogens is 265 g/mol. The molecule has 0 aliphatic rings. The molecule has 0 spiro atoms. The molecule has 1 aromatic rings. The molecule has 1 aromatic carbocycles. The zero-order chi connectivity index (χ0) is 13.4. The van der Waals surface area contributed by atoms with Crippen molar-refractivity contribution < 1.29 is 0 Å². The molecule has 1 atom stereocenters. The zero-order valence-electron chi connectivity index (χ0n) is 11.3. The minimum atomic E-state index is 0.637. The highest BCUT2D eigenvalue weighted by atomic mass is 35.5. The summed E-state index contributed by atoms with van der Waals surface area (Å²) in [6.07, 6.45) is 5.83. The molecule has 1 nitrogen and oxygen atoms in total. The lowest BCUT2D eigenvalue weighted by molar-refractivity contribution is 0.447. The summed E-state index contributed by atoms with van der Waals surface area (Å²) in [5.74, 6) is 0. The van der Waals surface area contributed by atoms with Gasteiger partial charge in [0.1, 0.15) is 0 Å². The van der Waals surface area contributed by atoms with Crippen molar-refractivity contribution in [1.82, 2.24) is 5.32 Å². The van der Waals surface area contributed by atoms with Gasteiger partial charge in [-0.2, -0.15) is 0 Å². The van der Waals surface area contributed by atoms with Crippen molar-refractivity contribution in [3.05, 3.63) is 33.8 Å². The molecule has 3 heteroatoms. The van der Waals surface area contributed by atoms with Gasteiger partial charge >= 0.3 is 0 Å². The van der Waals surface area contributed by atoms with E-state index < -0.39 is 0 Å². The monoisotopic (exact) mass is 287 g/mol. The quantitative estimate of drug-likeness (QED) is 0.702. The first kappa shape index (κ1) is 15.8. The number of halogens is 2. The molecular formula is C15H23Cl2N. The molecule has 0 aliphatic carbocycles. The Morgan fingerprint density at radius 3 is 2.61 bits per heavy atom. The van der Waals surface area contributed by atoms with Crippen LogP contribution >= 0.6 is 23.2 Å². The van der Waals surface area contributed by atoms with Gasteiger partial charge in [0.25, 0.3) is 0 Å². The van der Waals surface area contributed by atoms with Gasteiger partial charge in [-0.3, -0.25) is 0 Å². The van der Waals surface area contributed by atoms with Crippen molar-refractivity contribution in [1.29, 1.82) is 0 Å². The van der Waals surface area contributed by atoms with Gasteiger partial charge in [-0.15, -0.1) is 0 Å². The maximum Gasteiger partial charge on any atom is 0.0624 e. The molecule has 0 saturated heterocycles. The highest BCUT2D eigenvalue weighted by molar-refractivity contribution is 6.42. The Hall–Kier alpha value is -0.240. The average molecular weight is 288 g/mol. The minimum Gasteiger partial charge on any atom is -0.314 e. The zero-order valence-corrected chi connectivity index (χ0v) is 12.8. The number of nitrogens with one attached hydrogen (secondary N) is 1. The number of rotatable bonds is 8. The fraction of sp³-hybridized carbons (Fsp3) is 0.600. The molecule has 1 unspecified atom stereocenters. The van der Waals surface area contributed by atoms with E-state index in [-0.39, 0.29) is 0 Å². The summed E-state index contributed by atoms with van der Waals surface area (Å²) in [5.41, 5.74) is 1.16. The van der Waals surface area contributed by atoms with E-state index >= 15 is 0 Å². The summed E-state index contributed by atoms with van der Waals surface area (Å²) in [6.45, 7) is 5.44. The van der Waals surface area contributed by atoms with Crippen LogP contribution < -0.4 is 5.32 Å². The first-order valence-electron chi connectivity index (χ1n) is 6.85.